The number of quaternary nitrogens is 1. The van der Waals surface area contributed by atoms with Crippen molar-refractivity contribution in [3.05, 3.63) is 111 Å². The van der Waals surface area contributed by atoms with Gasteiger partial charge in [0.25, 0.3) is 5.56 Å². The average Bonchev–Trinajstić information content (AvgIpc) is 2.70. The van der Waals surface area contributed by atoms with Crippen LogP contribution in [0.1, 0.15) is 28.6 Å². The van der Waals surface area contributed by atoms with E-state index in [2.05, 4.69) is 58.6 Å². The number of rotatable bonds is 5. The molecule has 0 saturated carbocycles. The van der Waals surface area contributed by atoms with Gasteiger partial charge >= 0.3 is 0 Å². The first-order valence-electron chi connectivity index (χ1n) is 9.23. The van der Waals surface area contributed by atoms with Crippen molar-refractivity contribution in [2.75, 3.05) is 0 Å². The van der Waals surface area contributed by atoms with Crippen molar-refractivity contribution in [3.63, 3.8) is 0 Å². The maximum absolute atomic E-state index is 12.4. The molecule has 0 fully saturated rings. The summed E-state index contributed by atoms with van der Waals surface area (Å²) in [5.41, 5.74) is 4.12. The first-order chi connectivity index (χ1) is 13.6. The van der Waals surface area contributed by atoms with Crippen LogP contribution in [0.3, 0.4) is 0 Å². The topological polar surface area (TPSA) is 62.4 Å². The fourth-order valence-electron chi connectivity index (χ4n) is 3.39. The molecule has 0 aliphatic rings. The molecule has 3 aromatic carbocycles. The molecular formula is C23H21ClN3O+. The van der Waals surface area contributed by atoms with Crippen LogP contribution in [0.2, 0.25) is 5.02 Å². The number of nitrogens with two attached hydrogens (primary N) is 1. The van der Waals surface area contributed by atoms with Gasteiger partial charge in [0.05, 0.1) is 10.9 Å². The Morgan fingerprint density at radius 3 is 2.46 bits per heavy atom. The summed E-state index contributed by atoms with van der Waals surface area (Å²) in [7, 11) is 0. The highest BCUT2D eigenvalue weighted by Gasteiger charge is 2.18. The summed E-state index contributed by atoms with van der Waals surface area (Å²) >= 11 is 6.06. The van der Waals surface area contributed by atoms with E-state index in [1.807, 2.05) is 18.2 Å². The van der Waals surface area contributed by atoms with Gasteiger partial charge in [0, 0.05) is 16.1 Å². The normalized spacial score (nSPS) is 12.2. The van der Waals surface area contributed by atoms with Gasteiger partial charge in [-0.3, -0.25) is 4.79 Å². The van der Waals surface area contributed by atoms with Crippen molar-refractivity contribution in [1.29, 1.82) is 0 Å². The summed E-state index contributed by atoms with van der Waals surface area (Å²) in [5.74, 6) is 0.632. The average molecular weight is 391 g/mol. The Kier molecular flexibility index (Phi) is 5.24. The van der Waals surface area contributed by atoms with E-state index >= 15 is 0 Å². The molecule has 4 nitrogen and oxygen atoms in total. The van der Waals surface area contributed by atoms with Crippen LogP contribution in [0, 0.1) is 6.92 Å². The molecule has 0 aliphatic heterocycles. The molecule has 4 aromatic rings. The van der Waals surface area contributed by atoms with Crippen LogP contribution in [0.25, 0.3) is 10.9 Å². The number of hydrogen-bond donors (Lipinski definition) is 2. The van der Waals surface area contributed by atoms with E-state index < -0.39 is 0 Å². The van der Waals surface area contributed by atoms with Crippen LogP contribution < -0.4 is 10.9 Å². The van der Waals surface area contributed by atoms with Crippen molar-refractivity contribution in [2.45, 2.75) is 19.5 Å². The minimum Gasteiger partial charge on any atom is -0.330 e. The summed E-state index contributed by atoms with van der Waals surface area (Å²) in [6, 6.07) is 24.1. The molecule has 4 rings (SSSR count). The summed E-state index contributed by atoms with van der Waals surface area (Å²) in [6.07, 6.45) is 0. The first-order valence-corrected chi connectivity index (χ1v) is 9.61. The van der Waals surface area contributed by atoms with Crippen LogP contribution in [-0.4, -0.2) is 9.97 Å². The molecule has 140 valence electrons. The number of hydrogen-bond acceptors (Lipinski definition) is 2. The van der Waals surface area contributed by atoms with Crippen LogP contribution in [0.5, 0.6) is 0 Å². The zero-order valence-electron chi connectivity index (χ0n) is 15.5. The van der Waals surface area contributed by atoms with E-state index in [-0.39, 0.29) is 11.6 Å². The molecule has 0 saturated heterocycles. The van der Waals surface area contributed by atoms with E-state index in [0.717, 1.165) is 0 Å². The van der Waals surface area contributed by atoms with E-state index in [1.54, 1.807) is 18.2 Å². The minimum atomic E-state index is -0.142. The molecule has 1 heterocycles. The van der Waals surface area contributed by atoms with Crippen LogP contribution in [-0.2, 0) is 6.54 Å². The number of nitrogens with zero attached hydrogens (tertiary/aromatic N) is 1. The maximum atomic E-state index is 12.4. The maximum Gasteiger partial charge on any atom is 0.258 e. The predicted molar refractivity (Wildman–Crippen MR) is 112 cm³/mol. The Hall–Kier alpha value is -2.95. The largest absolute Gasteiger partial charge is 0.330 e. The van der Waals surface area contributed by atoms with Crippen molar-refractivity contribution >= 4 is 22.5 Å². The van der Waals surface area contributed by atoms with Gasteiger partial charge in [-0.05, 0) is 25.1 Å². The van der Waals surface area contributed by atoms with Gasteiger partial charge in [-0.1, -0.05) is 71.8 Å². The second-order valence-electron chi connectivity index (χ2n) is 6.91. The van der Waals surface area contributed by atoms with Crippen molar-refractivity contribution in [2.24, 2.45) is 0 Å². The molecule has 0 aliphatic carbocycles. The van der Waals surface area contributed by atoms with Gasteiger partial charge in [-0.15, -0.1) is 0 Å². The van der Waals surface area contributed by atoms with E-state index in [0.29, 0.717) is 28.3 Å². The van der Waals surface area contributed by atoms with Gasteiger partial charge in [-0.25, -0.2) is 4.98 Å². The number of halogens is 1. The molecule has 0 radical (unpaired) electrons. The molecule has 0 spiro atoms. The van der Waals surface area contributed by atoms with Crippen LogP contribution in [0.4, 0.5) is 0 Å². The number of fused-ring (bicyclic) bond motifs is 1. The summed E-state index contributed by atoms with van der Waals surface area (Å²) in [5, 5.41) is 3.31. The Morgan fingerprint density at radius 1 is 1.00 bits per heavy atom. The van der Waals surface area contributed by atoms with Crippen molar-refractivity contribution in [3.8, 4) is 0 Å². The number of aromatic amines is 1. The second kappa shape index (κ2) is 7.97. The zero-order valence-corrected chi connectivity index (χ0v) is 16.3. The van der Waals surface area contributed by atoms with Crippen LogP contribution >= 0.6 is 11.6 Å². The predicted octanol–water partition coefficient (Wildman–Crippen LogP) is 3.74. The number of aryl methyl sites for hydroxylation is 1. The van der Waals surface area contributed by atoms with Gasteiger partial charge < -0.3 is 10.3 Å². The summed E-state index contributed by atoms with van der Waals surface area (Å²) < 4.78 is 0. The third-order valence-corrected chi connectivity index (χ3v) is 5.09. The van der Waals surface area contributed by atoms with Crippen LogP contribution in [0.15, 0.2) is 77.6 Å². The summed E-state index contributed by atoms with van der Waals surface area (Å²) in [4.78, 5) is 19.9. The Balaban J connectivity index is 1.65. The molecule has 3 N–H and O–H groups in total. The smallest absolute Gasteiger partial charge is 0.258 e. The van der Waals surface area contributed by atoms with Gasteiger partial charge in [0.15, 0.2) is 5.82 Å². The van der Waals surface area contributed by atoms with E-state index in [9.17, 15) is 4.79 Å². The summed E-state index contributed by atoms with van der Waals surface area (Å²) in [6.45, 7) is 2.63. The lowest BCUT2D eigenvalue weighted by molar-refractivity contribution is -0.703. The standard InChI is InChI=1S/C23H20ClN3O/c1-15-7-9-17(10-8-15)22(16-5-3-2-4-6-16)25-14-21-26-20-13-18(24)11-12-19(20)23(28)27-21/h2-13,22,25H,14H2,1H3,(H,26,27,28)/p+1/t22-/m0/s1. The van der Waals surface area contributed by atoms with E-state index in [1.165, 1.54) is 16.7 Å². The highest BCUT2D eigenvalue weighted by atomic mass is 35.5. The van der Waals surface area contributed by atoms with Crippen molar-refractivity contribution in [1.82, 2.24) is 9.97 Å². The van der Waals surface area contributed by atoms with Gasteiger partial charge in [-0.2, -0.15) is 0 Å². The molecule has 0 unspecified atom stereocenters. The minimum absolute atomic E-state index is 0.113. The Morgan fingerprint density at radius 2 is 1.71 bits per heavy atom. The molecule has 28 heavy (non-hydrogen) atoms. The molecular weight excluding hydrogens is 370 g/mol. The highest BCUT2D eigenvalue weighted by molar-refractivity contribution is 6.31. The molecule has 0 bridgehead atoms. The Bertz CT molecular complexity index is 1150. The third kappa shape index (κ3) is 3.98. The fraction of sp³-hybridized carbons (Fsp3) is 0.130. The molecule has 5 heteroatoms. The molecule has 1 aromatic heterocycles. The number of aromatic nitrogens is 2. The highest BCUT2D eigenvalue weighted by Crippen LogP contribution is 2.19. The fourth-order valence-corrected chi connectivity index (χ4v) is 3.55. The molecule has 0 amide bonds. The lowest BCUT2D eigenvalue weighted by Crippen LogP contribution is -2.84. The lowest BCUT2D eigenvalue weighted by Gasteiger charge is -2.17. The molecule has 1 atom stereocenters. The monoisotopic (exact) mass is 390 g/mol. The number of nitrogens with one attached hydrogen (secondary N) is 1. The van der Waals surface area contributed by atoms with E-state index in [4.69, 9.17) is 11.6 Å². The van der Waals surface area contributed by atoms with Crippen molar-refractivity contribution < 1.29 is 5.32 Å². The van der Waals surface area contributed by atoms with Gasteiger partial charge in [0.1, 0.15) is 12.6 Å². The SMILES string of the molecule is Cc1ccc([C@@H]([NH2+]Cc2nc3cc(Cl)ccc3c(=O)[nH]2)c2ccccc2)cc1. The van der Waals surface area contributed by atoms with Gasteiger partial charge in [0.2, 0.25) is 0 Å². The Labute approximate surface area is 168 Å². The number of benzene rings is 3. The third-order valence-electron chi connectivity index (χ3n) is 4.86. The second-order valence-corrected chi connectivity index (χ2v) is 7.35. The zero-order chi connectivity index (χ0) is 19.5. The first kappa shape index (κ1) is 18.4. The quantitative estimate of drug-likeness (QED) is 0.545. The number of H-pyrrole nitrogens is 1. The lowest BCUT2D eigenvalue weighted by atomic mass is 9.98.